The number of rotatable bonds is 6. The van der Waals surface area contributed by atoms with Gasteiger partial charge in [-0.05, 0) is 31.5 Å². The van der Waals surface area contributed by atoms with E-state index in [1.807, 2.05) is 6.92 Å². The molecule has 0 bridgehead atoms. The molecule has 4 nitrogen and oxygen atoms in total. The first kappa shape index (κ1) is 15.5. The first-order valence-electron chi connectivity index (χ1n) is 6.73. The molecule has 19 heavy (non-hydrogen) atoms. The zero-order valence-electron chi connectivity index (χ0n) is 12.3. The van der Waals surface area contributed by atoms with Crippen LogP contribution in [0.15, 0.2) is 23.4 Å². The van der Waals surface area contributed by atoms with Gasteiger partial charge in [0.1, 0.15) is 5.84 Å². The molecule has 0 aliphatic carbocycles. The number of benzene rings is 1. The number of oxime groups is 1. The third-order valence-corrected chi connectivity index (χ3v) is 3.50. The minimum atomic E-state index is 0.0510. The maximum Gasteiger partial charge on any atom is 0.143 e. The fourth-order valence-electron chi connectivity index (χ4n) is 2.10. The van der Waals surface area contributed by atoms with Crippen LogP contribution in [0.4, 0.5) is 0 Å². The Morgan fingerprint density at radius 3 is 2.68 bits per heavy atom. The Balaban J connectivity index is 2.74. The third-order valence-electron chi connectivity index (χ3n) is 3.50. The van der Waals surface area contributed by atoms with Crippen molar-refractivity contribution in [3.8, 4) is 0 Å². The fraction of sp³-hybridized carbons (Fsp3) is 0.533. The van der Waals surface area contributed by atoms with Crippen LogP contribution in [-0.2, 0) is 6.54 Å². The monoisotopic (exact) mass is 263 g/mol. The molecular weight excluding hydrogens is 238 g/mol. The molecule has 0 fully saturated rings. The summed E-state index contributed by atoms with van der Waals surface area (Å²) in [6.45, 7) is 11.0. The van der Waals surface area contributed by atoms with Crippen LogP contribution in [-0.4, -0.2) is 29.0 Å². The van der Waals surface area contributed by atoms with Gasteiger partial charge < -0.3 is 10.9 Å². The Bertz CT molecular complexity index is 443. The van der Waals surface area contributed by atoms with Crippen molar-refractivity contribution in [2.24, 2.45) is 16.8 Å². The molecule has 0 radical (unpaired) electrons. The number of amidine groups is 1. The summed E-state index contributed by atoms with van der Waals surface area (Å²) in [5, 5.41) is 11.8. The zero-order valence-corrected chi connectivity index (χ0v) is 12.3. The van der Waals surface area contributed by atoms with Gasteiger partial charge in [0, 0.05) is 19.0 Å². The van der Waals surface area contributed by atoms with Gasteiger partial charge in [-0.25, -0.2) is 0 Å². The maximum atomic E-state index is 8.71. The van der Waals surface area contributed by atoms with E-state index in [0.29, 0.717) is 5.84 Å². The molecule has 1 rings (SSSR count). The van der Waals surface area contributed by atoms with Crippen molar-refractivity contribution >= 4 is 5.84 Å². The maximum absolute atomic E-state index is 8.71. The Morgan fingerprint density at radius 2 is 2.11 bits per heavy atom. The average Bonchev–Trinajstić information content (AvgIpc) is 2.40. The average molecular weight is 263 g/mol. The lowest BCUT2D eigenvalue weighted by Gasteiger charge is -2.24. The number of nitrogens with two attached hydrogens (primary N) is 1. The van der Waals surface area contributed by atoms with Gasteiger partial charge in [-0.3, -0.25) is 4.90 Å². The number of aryl methyl sites for hydroxylation is 2. The summed E-state index contributed by atoms with van der Waals surface area (Å²) in [4.78, 5) is 2.31. The highest BCUT2D eigenvalue weighted by molar-refractivity contribution is 5.82. The number of nitrogens with zero attached hydrogens (tertiary/aromatic N) is 2. The molecule has 1 aromatic carbocycles. The topological polar surface area (TPSA) is 61.8 Å². The SMILES string of the molecule is CCN(Cc1cc(C)ccc1C)CC(C)C(N)=NO. The van der Waals surface area contributed by atoms with E-state index in [1.165, 1.54) is 16.7 Å². The van der Waals surface area contributed by atoms with Crippen molar-refractivity contribution in [2.45, 2.75) is 34.2 Å². The third kappa shape index (κ3) is 4.56. The molecule has 0 heterocycles. The lowest BCUT2D eigenvalue weighted by molar-refractivity contribution is 0.257. The molecule has 1 unspecified atom stereocenters. The van der Waals surface area contributed by atoms with Crippen molar-refractivity contribution in [1.29, 1.82) is 0 Å². The van der Waals surface area contributed by atoms with Crippen LogP contribution in [0, 0.1) is 19.8 Å². The van der Waals surface area contributed by atoms with E-state index < -0.39 is 0 Å². The molecule has 1 aromatic rings. The number of hydrogen-bond acceptors (Lipinski definition) is 3. The van der Waals surface area contributed by atoms with Gasteiger partial charge in [-0.2, -0.15) is 0 Å². The predicted octanol–water partition coefficient (Wildman–Crippen LogP) is 2.51. The molecule has 3 N–H and O–H groups in total. The zero-order chi connectivity index (χ0) is 14.4. The molecule has 0 aliphatic rings. The molecule has 0 amide bonds. The van der Waals surface area contributed by atoms with E-state index in [2.05, 4.69) is 49.0 Å². The van der Waals surface area contributed by atoms with Crippen molar-refractivity contribution in [3.63, 3.8) is 0 Å². The van der Waals surface area contributed by atoms with Crippen LogP contribution in [0.3, 0.4) is 0 Å². The van der Waals surface area contributed by atoms with Crippen LogP contribution in [0.2, 0.25) is 0 Å². The summed E-state index contributed by atoms with van der Waals surface area (Å²) in [5.41, 5.74) is 9.57. The Hall–Kier alpha value is -1.55. The highest BCUT2D eigenvalue weighted by atomic mass is 16.4. The van der Waals surface area contributed by atoms with Crippen molar-refractivity contribution in [3.05, 3.63) is 34.9 Å². The highest BCUT2D eigenvalue weighted by Gasteiger charge is 2.13. The van der Waals surface area contributed by atoms with Crippen LogP contribution < -0.4 is 5.73 Å². The van der Waals surface area contributed by atoms with Crippen LogP contribution in [0.1, 0.15) is 30.5 Å². The van der Waals surface area contributed by atoms with Crippen molar-refractivity contribution < 1.29 is 5.21 Å². The Morgan fingerprint density at radius 1 is 1.42 bits per heavy atom. The standard InChI is InChI=1S/C15H25N3O/c1-5-18(9-13(4)15(16)17-19)10-14-8-11(2)6-7-12(14)3/h6-8,13,19H,5,9-10H2,1-4H3,(H2,16,17). The molecule has 0 saturated carbocycles. The molecule has 0 aromatic heterocycles. The first-order chi connectivity index (χ1) is 8.97. The molecule has 1 atom stereocenters. The van der Waals surface area contributed by atoms with E-state index in [4.69, 9.17) is 10.9 Å². The van der Waals surface area contributed by atoms with E-state index in [9.17, 15) is 0 Å². The summed E-state index contributed by atoms with van der Waals surface area (Å²) in [6.07, 6.45) is 0. The minimum absolute atomic E-state index is 0.0510. The van der Waals surface area contributed by atoms with Gasteiger partial charge >= 0.3 is 0 Å². The van der Waals surface area contributed by atoms with E-state index in [0.717, 1.165) is 19.6 Å². The summed E-state index contributed by atoms with van der Waals surface area (Å²) in [5.74, 6) is 0.342. The summed E-state index contributed by atoms with van der Waals surface area (Å²) < 4.78 is 0. The van der Waals surface area contributed by atoms with Gasteiger partial charge in [0.2, 0.25) is 0 Å². The van der Waals surface area contributed by atoms with Gasteiger partial charge in [0.25, 0.3) is 0 Å². The molecule has 4 heteroatoms. The fourth-order valence-corrected chi connectivity index (χ4v) is 2.10. The van der Waals surface area contributed by atoms with Crippen molar-refractivity contribution in [1.82, 2.24) is 4.90 Å². The molecular formula is C15H25N3O. The first-order valence-corrected chi connectivity index (χ1v) is 6.73. The predicted molar refractivity (Wildman–Crippen MR) is 79.4 cm³/mol. The summed E-state index contributed by atoms with van der Waals surface area (Å²) in [7, 11) is 0. The normalized spacial score (nSPS) is 13.8. The summed E-state index contributed by atoms with van der Waals surface area (Å²) in [6, 6.07) is 6.52. The highest BCUT2D eigenvalue weighted by Crippen LogP contribution is 2.14. The molecule has 0 spiro atoms. The van der Waals surface area contributed by atoms with Crippen molar-refractivity contribution in [2.75, 3.05) is 13.1 Å². The van der Waals surface area contributed by atoms with E-state index in [-0.39, 0.29) is 5.92 Å². The smallest absolute Gasteiger partial charge is 0.143 e. The Kier molecular flexibility index (Phi) is 5.83. The number of hydrogen-bond donors (Lipinski definition) is 2. The van der Waals surface area contributed by atoms with Gasteiger partial charge in [0.15, 0.2) is 0 Å². The molecule has 0 saturated heterocycles. The van der Waals surface area contributed by atoms with Gasteiger partial charge in [-0.15, -0.1) is 0 Å². The van der Waals surface area contributed by atoms with Gasteiger partial charge in [0.05, 0.1) is 0 Å². The lowest BCUT2D eigenvalue weighted by atomic mass is 10.0. The molecule has 0 aliphatic heterocycles. The van der Waals surface area contributed by atoms with Gasteiger partial charge in [-0.1, -0.05) is 42.8 Å². The second-order valence-corrected chi connectivity index (χ2v) is 5.18. The largest absolute Gasteiger partial charge is 0.409 e. The van der Waals surface area contributed by atoms with E-state index in [1.54, 1.807) is 0 Å². The van der Waals surface area contributed by atoms with E-state index >= 15 is 0 Å². The second-order valence-electron chi connectivity index (χ2n) is 5.18. The van der Waals surface area contributed by atoms with Crippen LogP contribution in [0.25, 0.3) is 0 Å². The minimum Gasteiger partial charge on any atom is -0.409 e. The quantitative estimate of drug-likeness (QED) is 0.359. The lowest BCUT2D eigenvalue weighted by Crippen LogP contribution is -2.34. The summed E-state index contributed by atoms with van der Waals surface area (Å²) >= 11 is 0. The Labute approximate surface area is 115 Å². The molecule has 106 valence electrons. The van der Waals surface area contributed by atoms with Crippen LogP contribution >= 0.6 is 0 Å². The van der Waals surface area contributed by atoms with Crippen LogP contribution in [0.5, 0.6) is 0 Å². The second kappa shape index (κ2) is 7.14.